The fraction of sp³-hybridized carbons (Fsp3) is 0.533. The molecule has 8 nitrogen and oxygen atoms in total. The Bertz CT molecular complexity index is 679. The molecule has 1 aromatic carbocycles. The SMILES string of the molecule is CCC1NNC(S(=O)(=O)NCc2ccccc2OC)C1C(=O)OC. The summed E-state index contributed by atoms with van der Waals surface area (Å²) < 4.78 is 37.8. The molecule has 1 saturated heterocycles. The van der Waals surface area contributed by atoms with E-state index < -0.39 is 27.3 Å². The molecule has 0 bridgehead atoms. The number of nitrogens with one attached hydrogen (secondary N) is 3. The maximum atomic E-state index is 12.6. The third kappa shape index (κ3) is 3.86. The van der Waals surface area contributed by atoms with Crippen LogP contribution in [-0.4, -0.2) is 40.0 Å². The molecule has 1 aliphatic rings. The zero-order valence-electron chi connectivity index (χ0n) is 13.9. The van der Waals surface area contributed by atoms with Gasteiger partial charge in [-0.1, -0.05) is 25.1 Å². The number of sulfonamides is 1. The van der Waals surface area contributed by atoms with Gasteiger partial charge in [-0.3, -0.25) is 10.2 Å². The number of hydrogen-bond acceptors (Lipinski definition) is 7. The first-order valence-electron chi connectivity index (χ1n) is 7.63. The molecule has 0 aromatic heterocycles. The first kappa shape index (κ1) is 18.7. The van der Waals surface area contributed by atoms with Crippen molar-refractivity contribution >= 4 is 16.0 Å². The van der Waals surface area contributed by atoms with Crippen LogP contribution in [0.3, 0.4) is 0 Å². The molecule has 0 radical (unpaired) electrons. The van der Waals surface area contributed by atoms with Crippen LogP contribution in [-0.2, 0) is 26.1 Å². The van der Waals surface area contributed by atoms with E-state index in [9.17, 15) is 13.2 Å². The maximum absolute atomic E-state index is 12.6. The second kappa shape index (κ2) is 7.93. The van der Waals surface area contributed by atoms with Crippen molar-refractivity contribution in [3.8, 4) is 5.75 Å². The summed E-state index contributed by atoms with van der Waals surface area (Å²) in [5.41, 5.74) is 6.25. The van der Waals surface area contributed by atoms with Crippen molar-refractivity contribution in [2.75, 3.05) is 14.2 Å². The van der Waals surface area contributed by atoms with Gasteiger partial charge in [0, 0.05) is 18.2 Å². The van der Waals surface area contributed by atoms with Crippen molar-refractivity contribution in [3.05, 3.63) is 29.8 Å². The van der Waals surface area contributed by atoms with E-state index in [-0.39, 0.29) is 12.6 Å². The van der Waals surface area contributed by atoms with Crippen LogP contribution in [0, 0.1) is 5.92 Å². The van der Waals surface area contributed by atoms with E-state index in [0.717, 1.165) is 0 Å². The van der Waals surface area contributed by atoms with Crippen LogP contribution < -0.4 is 20.3 Å². The lowest BCUT2D eigenvalue weighted by atomic mass is 10.00. The summed E-state index contributed by atoms with van der Waals surface area (Å²) in [5, 5.41) is -1.11. The largest absolute Gasteiger partial charge is 0.496 e. The van der Waals surface area contributed by atoms with Gasteiger partial charge < -0.3 is 9.47 Å². The minimum atomic E-state index is -3.81. The number of hydrazine groups is 1. The molecule has 3 N–H and O–H groups in total. The van der Waals surface area contributed by atoms with Gasteiger partial charge in [0.05, 0.1) is 14.2 Å². The summed E-state index contributed by atoms with van der Waals surface area (Å²) in [6.45, 7) is 1.93. The fourth-order valence-electron chi connectivity index (χ4n) is 2.75. The number of hydrogen-bond donors (Lipinski definition) is 3. The van der Waals surface area contributed by atoms with Crippen LogP contribution in [0.15, 0.2) is 24.3 Å². The predicted molar refractivity (Wildman–Crippen MR) is 88.4 cm³/mol. The fourth-order valence-corrected chi connectivity index (χ4v) is 4.19. The zero-order valence-corrected chi connectivity index (χ0v) is 14.7. The number of rotatable bonds is 7. The highest BCUT2D eigenvalue weighted by atomic mass is 32.2. The van der Waals surface area contributed by atoms with Crippen molar-refractivity contribution in [1.29, 1.82) is 0 Å². The first-order chi connectivity index (χ1) is 11.4. The van der Waals surface area contributed by atoms with Gasteiger partial charge in [0.15, 0.2) is 5.37 Å². The predicted octanol–water partition coefficient (Wildman–Crippen LogP) is 0.116. The van der Waals surface area contributed by atoms with Gasteiger partial charge in [-0.25, -0.2) is 18.6 Å². The van der Waals surface area contributed by atoms with Crippen LogP contribution >= 0.6 is 0 Å². The molecule has 1 aromatic rings. The highest BCUT2D eigenvalue weighted by Crippen LogP contribution is 2.23. The average Bonchev–Trinajstić information content (AvgIpc) is 3.04. The number of methoxy groups -OCH3 is 2. The zero-order chi connectivity index (χ0) is 17.7. The van der Waals surface area contributed by atoms with Crippen molar-refractivity contribution in [3.63, 3.8) is 0 Å². The van der Waals surface area contributed by atoms with Crippen LogP contribution in [0.1, 0.15) is 18.9 Å². The Morgan fingerprint density at radius 3 is 2.58 bits per heavy atom. The smallest absolute Gasteiger partial charge is 0.313 e. The Kier molecular flexibility index (Phi) is 6.16. The Morgan fingerprint density at radius 2 is 1.96 bits per heavy atom. The van der Waals surface area contributed by atoms with Crippen LogP contribution in [0.2, 0.25) is 0 Å². The van der Waals surface area contributed by atoms with E-state index in [4.69, 9.17) is 9.47 Å². The highest BCUT2D eigenvalue weighted by Gasteiger charge is 2.47. The lowest BCUT2D eigenvalue weighted by molar-refractivity contribution is -0.145. The Morgan fingerprint density at radius 1 is 1.25 bits per heavy atom. The molecule has 3 atom stereocenters. The van der Waals surface area contributed by atoms with Crippen LogP contribution in [0.25, 0.3) is 0 Å². The summed E-state index contributed by atoms with van der Waals surface area (Å²) in [5.74, 6) is -0.796. The number of benzene rings is 1. The van der Waals surface area contributed by atoms with Gasteiger partial charge >= 0.3 is 5.97 Å². The number of carbonyl (C=O) groups excluding carboxylic acids is 1. The van der Waals surface area contributed by atoms with Gasteiger partial charge in [0.25, 0.3) is 0 Å². The van der Waals surface area contributed by atoms with E-state index >= 15 is 0 Å². The summed E-state index contributed by atoms with van der Waals surface area (Å²) >= 11 is 0. The average molecular weight is 357 g/mol. The van der Waals surface area contributed by atoms with Gasteiger partial charge in [-0.2, -0.15) is 0 Å². The minimum absolute atomic E-state index is 0.0647. The number of para-hydroxylation sites is 1. The lowest BCUT2D eigenvalue weighted by Gasteiger charge is -2.20. The van der Waals surface area contributed by atoms with E-state index in [1.165, 1.54) is 14.2 Å². The van der Waals surface area contributed by atoms with Crippen molar-refractivity contribution < 1.29 is 22.7 Å². The summed E-state index contributed by atoms with van der Waals surface area (Å²) in [4.78, 5) is 12.0. The van der Waals surface area contributed by atoms with Gasteiger partial charge in [0.2, 0.25) is 10.0 Å². The molecule has 3 unspecified atom stereocenters. The molecular weight excluding hydrogens is 334 g/mol. The lowest BCUT2D eigenvalue weighted by Crippen LogP contribution is -2.47. The molecule has 0 spiro atoms. The van der Waals surface area contributed by atoms with Crippen molar-refractivity contribution in [2.24, 2.45) is 5.92 Å². The second-order valence-electron chi connectivity index (χ2n) is 5.45. The highest BCUT2D eigenvalue weighted by molar-refractivity contribution is 7.90. The molecule has 1 aliphatic heterocycles. The topological polar surface area (TPSA) is 106 Å². The normalized spacial score (nSPS) is 23.9. The molecule has 2 rings (SSSR count). The van der Waals surface area contributed by atoms with E-state index in [0.29, 0.717) is 17.7 Å². The van der Waals surface area contributed by atoms with Crippen molar-refractivity contribution in [2.45, 2.75) is 31.3 Å². The summed E-state index contributed by atoms with van der Waals surface area (Å²) in [6.07, 6.45) is 0.589. The molecule has 1 heterocycles. The standard InChI is InChI=1S/C15H23N3O5S/c1-4-11-13(15(19)23-3)14(18-17-11)24(20,21)16-9-10-7-5-6-8-12(10)22-2/h5-8,11,13-14,16-18H,4,9H2,1-3H3. The monoisotopic (exact) mass is 357 g/mol. The Labute approximate surface area is 141 Å². The molecule has 24 heavy (non-hydrogen) atoms. The molecule has 134 valence electrons. The number of esters is 1. The maximum Gasteiger partial charge on any atom is 0.313 e. The molecule has 0 amide bonds. The Balaban J connectivity index is 2.15. The van der Waals surface area contributed by atoms with Crippen LogP contribution in [0.5, 0.6) is 5.75 Å². The van der Waals surface area contributed by atoms with E-state index in [2.05, 4.69) is 15.6 Å². The van der Waals surface area contributed by atoms with Gasteiger partial charge in [-0.15, -0.1) is 0 Å². The number of carbonyl (C=O) groups is 1. The van der Waals surface area contributed by atoms with Gasteiger partial charge in [-0.05, 0) is 12.5 Å². The molecule has 1 fully saturated rings. The summed E-state index contributed by atoms with van der Waals surface area (Å²) in [7, 11) is -1.04. The molecule has 0 aliphatic carbocycles. The molecule has 9 heteroatoms. The molecule has 0 saturated carbocycles. The number of ether oxygens (including phenoxy) is 2. The third-order valence-corrected chi connectivity index (χ3v) is 5.70. The van der Waals surface area contributed by atoms with Crippen molar-refractivity contribution in [1.82, 2.24) is 15.6 Å². The third-order valence-electron chi connectivity index (χ3n) is 4.07. The van der Waals surface area contributed by atoms with E-state index in [1.54, 1.807) is 24.3 Å². The quantitative estimate of drug-likeness (QED) is 0.595. The summed E-state index contributed by atoms with van der Waals surface area (Å²) in [6, 6.07) is 6.81. The molecular formula is C15H23N3O5S. The minimum Gasteiger partial charge on any atom is -0.496 e. The Hall–Kier alpha value is -1.68. The van der Waals surface area contributed by atoms with Gasteiger partial charge in [0.1, 0.15) is 11.7 Å². The van der Waals surface area contributed by atoms with Crippen LogP contribution in [0.4, 0.5) is 0 Å². The first-order valence-corrected chi connectivity index (χ1v) is 9.18. The van der Waals surface area contributed by atoms with E-state index in [1.807, 2.05) is 6.92 Å². The second-order valence-corrected chi connectivity index (χ2v) is 7.34.